The number of anilines is 1. The lowest BCUT2D eigenvalue weighted by Crippen LogP contribution is -2.59. The highest BCUT2D eigenvalue weighted by atomic mass is 16.6. The van der Waals surface area contributed by atoms with Gasteiger partial charge < -0.3 is 25.8 Å². The van der Waals surface area contributed by atoms with Gasteiger partial charge >= 0.3 is 0 Å². The van der Waals surface area contributed by atoms with Crippen molar-refractivity contribution in [2.45, 2.75) is 43.0 Å². The number of imidazole rings is 1. The molecule has 1 aliphatic carbocycles. The molecule has 0 aromatic carbocycles. The van der Waals surface area contributed by atoms with Gasteiger partial charge in [-0.25, -0.2) is 15.0 Å². The maximum atomic E-state index is 10.3. The highest BCUT2D eigenvalue weighted by Gasteiger charge is 2.63. The molecule has 21 heavy (non-hydrogen) atoms. The fourth-order valence-electron chi connectivity index (χ4n) is 3.13. The van der Waals surface area contributed by atoms with E-state index in [1.807, 2.05) is 0 Å². The minimum absolute atomic E-state index is 0.227. The predicted octanol–water partition coefficient (Wildman–Crippen LogP) is -1.45. The number of nitrogen functional groups attached to an aromatic ring is 1. The molecule has 4 rings (SSSR count). The van der Waals surface area contributed by atoms with Crippen LogP contribution in [0.15, 0.2) is 12.7 Å². The largest absolute Gasteiger partial charge is 0.390 e. The molecule has 0 bridgehead atoms. The van der Waals surface area contributed by atoms with Crippen LogP contribution in [0.25, 0.3) is 11.2 Å². The average molecular weight is 293 g/mol. The summed E-state index contributed by atoms with van der Waals surface area (Å²) < 4.78 is 7.29. The van der Waals surface area contributed by atoms with Crippen LogP contribution in [0.2, 0.25) is 0 Å². The summed E-state index contributed by atoms with van der Waals surface area (Å²) in [5.41, 5.74) is 5.42. The topological polar surface area (TPSA) is 140 Å². The van der Waals surface area contributed by atoms with Gasteiger partial charge in [0.25, 0.3) is 0 Å². The van der Waals surface area contributed by atoms with E-state index >= 15 is 0 Å². The molecular weight excluding hydrogens is 278 g/mol. The quantitative estimate of drug-likeness (QED) is 0.501. The lowest BCUT2D eigenvalue weighted by Gasteiger charge is -2.44. The summed E-state index contributed by atoms with van der Waals surface area (Å²) in [5.74, 6) is 0.227. The Morgan fingerprint density at radius 1 is 1.29 bits per heavy atom. The molecule has 5 N–H and O–H groups in total. The first-order valence-electron chi connectivity index (χ1n) is 6.69. The summed E-state index contributed by atoms with van der Waals surface area (Å²) in [7, 11) is 0. The molecule has 1 spiro atoms. The van der Waals surface area contributed by atoms with Crippen LogP contribution in [0.1, 0.15) is 19.1 Å². The normalized spacial score (nSPS) is 39.0. The van der Waals surface area contributed by atoms with Gasteiger partial charge in [0.15, 0.2) is 17.7 Å². The molecule has 1 saturated carbocycles. The third-order valence-electron chi connectivity index (χ3n) is 4.49. The lowest BCUT2D eigenvalue weighted by atomic mass is 9.73. The molecule has 2 aromatic rings. The van der Waals surface area contributed by atoms with Crippen molar-refractivity contribution in [2.24, 2.45) is 0 Å². The molecule has 2 fully saturated rings. The fourth-order valence-corrected chi connectivity index (χ4v) is 3.13. The Morgan fingerprint density at radius 2 is 2.10 bits per heavy atom. The number of aromatic nitrogens is 4. The Hall–Kier alpha value is -1.81. The Morgan fingerprint density at radius 3 is 2.71 bits per heavy atom. The average Bonchev–Trinajstić information content (AvgIpc) is 3.01. The Labute approximate surface area is 119 Å². The summed E-state index contributed by atoms with van der Waals surface area (Å²) >= 11 is 0. The number of hydrogen-bond acceptors (Lipinski definition) is 8. The predicted molar refractivity (Wildman–Crippen MR) is 69.8 cm³/mol. The van der Waals surface area contributed by atoms with Gasteiger partial charge in [0.1, 0.15) is 29.7 Å². The van der Waals surface area contributed by atoms with Crippen LogP contribution in [-0.4, -0.2) is 58.8 Å². The number of aliphatic hydroxyl groups excluding tert-OH is 3. The van der Waals surface area contributed by atoms with E-state index in [2.05, 4.69) is 15.0 Å². The first-order chi connectivity index (χ1) is 10.0. The van der Waals surface area contributed by atoms with Crippen LogP contribution >= 0.6 is 0 Å². The zero-order chi connectivity index (χ0) is 14.8. The maximum absolute atomic E-state index is 10.3. The monoisotopic (exact) mass is 293 g/mol. The number of ether oxygens (including phenoxy) is 1. The van der Waals surface area contributed by atoms with E-state index in [4.69, 9.17) is 10.5 Å². The first-order valence-corrected chi connectivity index (χ1v) is 6.69. The number of aliphatic hydroxyl groups is 3. The van der Waals surface area contributed by atoms with Crippen LogP contribution in [-0.2, 0) is 4.74 Å². The number of hydrogen-bond donors (Lipinski definition) is 4. The third kappa shape index (κ3) is 1.51. The number of nitrogens with two attached hydrogens (primary N) is 1. The van der Waals surface area contributed by atoms with Crippen molar-refractivity contribution in [2.75, 3.05) is 5.73 Å². The molecule has 1 saturated heterocycles. The number of fused-ring (bicyclic) bond motifs is 1. The fraction of sp³-hybridized carbons (Fsp3) is 0.583. The highest BCUT2D eigenvalue weighted by Crippen LogP contribution is 2.49. The number of rotatable bonds is 1. The van der Waals surface area contributed by atoms with Crippen LogP contribution in [0, 0.1) is 0 Å². The van der Waals surface area contributed by atoms with Gasteiger partial charge in [-0.2, -0.15) is 0 Å². The lowest BCUT2D eigenvalue weighted by molar-refractivity contribution is -0.213. The summed E-state index contributed by atoms with van der Waals surface area (Å²) in [6.45, 7) is 0. The molecule has 9 heteroatoms. The second kappa shape index (κ2) is 4.10. The summed E-state index contributed by atoms with van der Waals surface area (Å²) in [6, 6.07) is 0. The smallest absolute Gasteiger partial charge is 0.167 e. The Bertz CT molecular complexity index is 706. The van der Waals surface area contributed by atoms with Crippen LogP contribution in [0.5, 0.6) is 0 Å². The first kappa shape index (κ1) is 12.9. The third-order valence-corrected chi connectivity index (χ3v) is 4.49. The minimum Gasteiger partial charge on any atom is -0.390 e. The zero-order valence-corrected chi connectivity index (χ0v) is 11.0. The van der Waals surface area contributed by atoms with Gasteiger partial charge in [-0.05, 0) is 12.8 Å². The van der Waals surface area contributed by atoms with Gasteiger partial charge in [-0.15, -0.1) is 0 Å². The van der Waals surface area contributed by atoms with E-state index in [-0.39, 0.29) is 5.82 Å². The van der Waals surface area contributed by atoms with Crippen LogP contribution in [0.4, 0.5) is 5.82 Å². The van der Waals surface area contributed by atoms with Crippen LogP contribution in [0.3, 0.4) is 0 Å². The van der Waals surface area contributed by atoms with Crippen molar-refractivity contribution < 1.29 is 20.1 Å². The molecule has 2 aromatic heterocycles. The molecule has 0 amide bonds. The second-order valence-electron chi connectivity index (χ2n) is 5.54. The van der Waals surface area contributed by atoms with Crippen molar-refractivity contribution >= 4 is 17.0 Å². The van der Waals surface area contributed by atoms with Crippen molar-refractivity contribution in [3.05, 3.63) is 12.7 Å². The van der Waals surface area contributed by atoms with E-state index in [1.165, 1.54) is 17.2 Å². The molecule has 2 aliphatic rings. The van der Waals surface area contributed by atoms with Gasteiger partial charge in [0, 0.05) is 0 Å². The maximum Gasteiger partial charge on any atom is 0.167 e. The highest BCUT2D eigenvalue weighted by molar-refractivity contribution is 5.81. The molecule has 112 valence electrons. The van der Waals surface area contributed by atoms with Gasteiger partial charge in [-0.1, -0.05) is 0 Å². The zero-order valence-electron chi connectivity index (χ0n) is 11.0. The van der Waals surface area contributed by atoms with Crippen molar-refractivity contribution in [1.29, 1.82) is 0 Å². The van der Waals surface area contributed by atoms with E-state index in [0.29, 0.717) is 24.0 Å². The van der Waals surface area contributed by atoms with Crippen molar-refractivity contribution in [3.8, 4) is 0 Å². The standard InChI is InChI=1S/C12H15N5O4/c13-9-6-10(15-3-14-9)17(4-16-6)11-7(19)8(20)12(21-11)2-1-5(12)18/h3-5,7-8,11,18-20H,1-2H2,(H2,13,14,15)/t5-,7?,8?,11?,12-/m1/s1. The minimum atomic E-state index is -1.19. The molecule has 0 radical (unpaired) electrons. The Kier molecular flexibility index (Phi) is 2.52. The van der Waals surface area contributed by atoms with E-state index in [9.17, 15) is 15.3 Å². The van der Waals surface area contributed by atoms with Crippen molar-refractivity contribution in [1.82, 2.24) is 19.5 Å². The summed E-state index contributed by atoms with van der Waals surface area (Å²) in [5, 5.41) is 30.4. The molecular formula is C12H15N5O4. The van der Waals surface area contributed by atoms with E-state index in [1.54, 1.807) is 0 Å². The Balaban J connectivity index is 1.78. The molecule has 1 aliphatic heterocycles. The molecule has 9 nitrogen and oxygen atoms in total. The molecule has 5 atom stereocenters. The molecule has 3 heterocycles. The number of nitrogens with zero attached hydrogens (tertiary/aromatic N) is 4. The van der Waals surface area contributed by atoms with Gasteiger partial charge in [-0.3, -0.25) is 4.57 Å². The van der Waals surface area contributed by atoms with Crippen molar-refractivity contribution in [3.63, 3.8) is 0 Å². The SMILES string of the molecule is Nc1ncnc2c1ncn2C1O[C@@]2(CC[C@H]2O)C(O)C1O. The second-order valence-corrected chi connectivity index (χ2v) is 5.54. The summed E-state index contributed by atoms with van der Waals surface area (Å²) in [6.07, 6.45) is -0.266. The molecule has 3 unspecified atom stereocenters. The van der Waals surface area contributed by atoms with E-state index in [0.717, 1.165) is 0 Å². The summed E-state index contributed by atoms with van der Waals surface area (Å²) in [4.78, 5) is 12.0. The van der Waals surface area contributed by atoms with Gasteiger partial charge in [0.05, 0.1) is 12.4 Å². The van der Waals surface area contributed by atoms with E-state index < -0.39 is 30.1 Å². The van der Waals surface area contributed by atoms with Crippen LogP contribution < -0.4 is 5.73 Å². The van der Waals surface area contributed by atoms with Gasteiger partial charge in [0.2, 0.25) is 0 Å².